The van der Waals surface area contributed by atoms with E-state index in [1.807, 2.05) is 97.1 Å². The van der Waals surface area contributed by atoms with Crippen molar-refractivity contribution in [3.8, 4) is 28.0 Å². The summed E-state index contributed by atoms with van der Waals surface area (Å²) in [5.41, 5.74) is 15.9. The molecule has 8 fully saturated rings. The minimum absolute atomic E-state index is 0.115. The van der Waals surface area contributed by atoms with Crippen LogP contribution in [0.1, 0.15) is 277 Å². The summed E-state index contributed by atoms with van der Waals surface area (Å²) in [5, 5.41) is 8.27. The number of nitrogens with zero attached hydrogens (tertiary/aromatic N) is 2. The molecule has 116 heavy (non-hydrogen) atoms. The van der Waals surface area contributed by atoms with Crippen molar-refractivity contribution in [2.45, 2.75) is 289 Å². The number of fused-ring (bicyclic) bond motifs is 10. The third kappa shape index (κ3) is 28.6. The number of ether oxygens (including phenoxy) is 2. The monoisotopic (exact) mass is 1560 g/mol. The molecule has 9 aliphatic carbocycles. The van der Waals surface area contributed by atoms with Crippen LogP contribution < -0.4 is 4.74 Å². The summed E-state index contributed by atoms with van der Waals surface area (Å²) in [6, 6.07) is 74.1. The molecule has 5 nitrogen and oxygen atoms in total. The molecule has 0 aromatic heterocycles. The lowest BCUT2D eigenvalue weighted by atomic mass is 9.47. The molecular formula is C111H154N2O3. The standard InChI is InChI=1S/C29H48O2.C14H14O.C13H12N2.C13H12.C12H20.C8H16.C8H10.C7H14.C7H8/c1-19(2)8-7-9-20(3)25-12-13-26-24-11-10-22-18-23(31-21(4)30)14-16-28(22,5)27(24)15-17-29(25,26)6;1-11-3-5-12(6-4-11)13-7-9-14(15-2)10-8-13;1-11-7-9-13(10-8-11)15-14-12-5-3-2-4-6-12;1-11-7-9-13(10-8-11)12-5-3-2-4-6-12;1-2-8-6-9-7-12(8)11-5-3-4-10(9)11;2*1-2-8-6-4-3-5-7-8;2*1-7-5-3-2-4-6-7/h10,19-20,23-27H,7-9,11-18H2,1-6H3;3-10H,1-2H3;2-10H,1H3;2-10H,1H3;8-12H,2-7H2,1H3;8H,2-7H2,1H3;3-7H,2H2,1H3;7H,2-6H2,1H3;2-6H,1H3/t20-,23+,24?,25-,26?,27?,28+,29-;;;;;;;;/m1......../s1. The number of esters is 1. The lowest BCUT2D eigenvalue weighted by molar-refractivity contribution is -0.148. The van der Waals surface area contributed by atoms with E-state index >= 15 is 0 Å². The molecule has 5 heteroatoms. The van der Waals surface area contributed by atoms with Crippen molar-refractivity contribution < 1.29 is 14.3 Å². The van der Waals surface area contributed by atoms with E-state index in [2.05, 4.69) is 228 Å². The number of carbonyl (C=O) groups excluding carboxylic acids is 1. The van der Waals surface area contributed by atoms with E-state index in [-0.39, 0.29) is 12.1 Å². The van der Waals surface area contributed by atoms with E-state index in [0.717, 1.165) is 89.6 Å². The number of hydrogen-bond acceptors (Lipinski definition) is 5. The van der Waals surface area contributed by atoms with Gasteiger partial charge in [0.25, 0.3) is 0 Å². The van der Waals surface area contributed by atoms with Gasteiger partial charge in [0.15, 0.2) is 0 Å². The van der Waals surface area contributed by atoms with Crippen molar-refractivity contribution in [3.63, 3.8) is 0 Å². The average molecular weight is 1560 g/mol. The molecule has 0 aliphatic heterocycles. The maximum Gasteiger partial charge on any atom is 0.302 e. The number of benzene rings is 8. The van der Waals surface area contributed by atoms with Crippen LogP contribution in [0.25, 0.3) is 22.3 Å². The second kappa shape index (κ2) is 48.4. The summed E-state index contributed by atoms with van der Waals surface area (Å²) in [7, 11) is 1.68. The summed E-state index contributed by atoms with van der Waals surface area (Å²) >= 11 is 0. The number of rotatable bonds is 14. The van der Waals surface area contributed by atoms with Crippen molar-refractivity contribution in [1.29, 1.82) is 0 Å². The number of aryl methyl sites for hydroxylation is 5. The molecule has 8 saturated carbocycles. The van der Waals surface area contributed by atoms with E-state index in [9.17, 15) is 4.79 Å². The van der Waals surface area contributed by atoms with Crippen LogP contribution in [0.4, 0.5) is 11.4 Å². The first-order valence-corrected chi connectivity index (χ1v) is 46.5. The summed E-state index contributed by atoms with van der Waals surface area (Å²) < 4.78 is 10.7. The highest BCUT2D eigenvalue weighted by molar-refractivity contribution is 5.66. The first-order chi connectivity index (χ1) is 56.2. The fourth-order valence-corrected chi connectivity index (χ4v) is 21.9. The van der Waals surface area contributed by atoms with Crippen LogP contribution in [0, 0.1) is 115 Å². The first kappa shape index (κ1) is 92.3. The van der Waals surface area contributed by atoms with E-state index in [0.29, 0.717) is 10.8 Å². The normalized spacial score (nSPS) is 25.4. The van der Waals surface area contributed by atoms with Gasteiger partial charge in [-0.2, -0.15) is 10.2 Å². The Bertz CT molecular complexity index is 4040. The van der Waals surface area contributed by atoms with Crippen LogP contribution in [-0.4, -0.2) is 19.2 Å². The molecule has 8 unspecified atom stereocenters. The molecule has 0 heterocycles. The molecule has 2 bridgehead atoms. The second-order valence-electron chi connectivity index (χ2n) is 37.4. The molecular weight excluding hydrogens is 1410 g/mol. The Labute approximate surface area is 707 Å². The zero-order valence-corrected chi connectivity index (χ0v) is 75.1. The van der Waals surface area contributed by atoms with Gasteiger partial charge in [0.2, 0.25) is 0 Å². The van der Waals surface area contributed by atoms with Gasteiger partial charge in [-0.3, -0.25) is 4.79 Å². The number of azo groups is 1. The Kier molecular flexibility index (Phi) is 38.5. The molecule has 0 radical (unpaired) electrons. The number of allylic oxidation sites excluding steroid dienone is 1. The summed E-state index contributed by atoms with van der Waals surface area (Å²) in [6.07, 6.45) is 44.2. The number of methoxy groups -OCH3 is 1. The Morgan fingerprint density at radius 3 is 1.47 bits per heavy atom. The van der Waals surface area contributed by atoms with Crippen molar-refractivity contribution in [1.82, 2.24) is 0 Å². The highest BCUT2D eigenvalue weighted by Crippen LogP contribution is 2.68. The van der Waals surface area contributed by atoms with Crippen molar-refractivity contribution in [2.75, 3.05) is 7.11 Å². The Morgan fingerprint density at radius 2 is 0.983 bits per heavy atom. The molecule has 17 rings (SSSR count). The maximum absolute atomic E-state index is 11.5. The van der Waals surface area contributed by atoms with Crippen LogP contribution in [-0.2, 0) is 16.0 Å². The van der Waals surface area contributed by atoms with E-state index in [1.54, 1.807) is 51.7 Å². The molecule has 626 valence electrons. The first-order valence-electron chi connectivity index (χ1n) is 46.5. The van der Waals surface area contributed by atoms with Crippen LogP contribution in [0.2, 0.25) is 0 Å². The fourth-order valence-electron chi connectivity index (χ4n) is 21.9. The van der Waals surface area contributed by atoms with Gasteiger partial charge in [-0.05, 0) is 257 Å². The van der Waals surface area contributed by atoms with Gasteiger partial charge in [0.1, 0.15) is 11.9 Å². The van der Waals surface area contributed by atoms with Crippen molar-refractivity contribution in [3.05, 3.63) is 258 Å². The van der Waals surface area contributed by atoms with E-state index in [1.165, 1.54) is 209 Å². The average Bonchev–Trinajstić information content (AvgIpc) is 1.42. The predicted octanol–water partition coefficient (Wildman–Crippen LogP) is 33.0. The lowest BCUT2D eigenvalue weighted by Crippen LogP contribution is -2.51. The fraction of sp³-hybridized carbons (Fsp3) is 0.541. The maximum atomic E-state index is 11.5. The summed E-state index contributed by atoms with van der Waals surface area (Å²) in [4.78, 5) is 11.5. The van der Waals surface area contributed by atoms with E-state index < -0.39 is 0 Å². The van der Waals surface area contributed by atoms with Gasteiger partial charge >= 0.3 is 5.97 Å². The van der Waals surface area contributed by atoms with Crippen LogP contribution in [0.3, 0.4) is 0 Å². The zero-order chi connectivity index (χ0) is 82.7. The highest BCUT2D eigenvalue weighted by Gasteiger charge is 2.59. The Hall–Kier alpha value is -7.63. The van der Waals surface area contributed by atoms with Crippen LogP contribution in [0.5, 0.6) is 5.75 Å². The van der Waals surface area contributed by atoms with E-state index in [4.69, 9.17) is 9.47 Å². The van der Waals surface area contributed by atoms with Crippen molar-refractivity contribution in [2.24, 2.45) is 98.0 Å². The molecule has 8 aromatic rings. The number of carbonyl (C=O) groups is 1. The van der Waals surface area contributed by atoms with Crippen LogP contribution in [0.15, 0.2) is 240 Å². The molecule has 8 aromatic carbocycles. The zero-order valence-electron chi connectivity index (χ0n) is 75.1. The van der Waals surface area contributed by atoms with Gasteiger partial charge in [-0.25, -0.2) is 0 Å². The minimum atomic E-state index is -0.115. The SMILES string of the molecule is CC(=O)O[C@H]1CC[C@@]2(C)C(=CCC3C2CC[C@@]2(C)C3CC[C@@H]2[C@H](C)CCCC(C)C)C1.CC1CCCCC1.CCC1CC2CC1C1CCCC21.CCC1CCCCC1.CCc1ccccc1.COc1ccc(-c2ccc(C)cc2)cc1.Cc1ccc(-c2ccccc2)cc1.Cc1ccc(N=Nc2ccccc2)cc1.Cc1ccccc1. The molecule has 13 atom stereocenters. The lowest BCUT2D eigenvalue weighted by Gasteiger charge is -2.58. The third-order valence-electron chi connectivity index (χ3n) is 28.8. The molecule has 0 spiro atoms. The van der Waals surface area contributed by atoms with Crippen LogP contribution >= 0.6 is 0 Å². The quantitative estimate of drug-likeness (QED) is 0.0619. The topological polar surface area (TPSA) is 60.2 Å². The largest absolute Gasteiger partial charge is 0.497 e. The Balaban J connectivity index is 0.000000157. The van der Waals surface area contributed by atoms with Gasteiger partial charge in [0.05, 0.1) is 18.5 Å². The van der Waals surface area contributed by atoms with Gasteiger partial charge in [0, 0.05) is 13.3 Å². The Morgan fingerprint density at radius 1 is 0.474 bits per heavy atom. The van der Waals surface area contributed by atoms with Gasteiger partial charge in [-0.15, -0.1) is 0 Å². The van der Waals surface area contributed by atoms with Gasteiger partial charge in [-0.1, -0.05) is 381 Å². The van der Waals surface area contributed by atoms with Gasteiger partial charge < -0.3 is 9.47 Å². The highest BCUT2D eigenvalue weighted by atomic mass is 16.5. The third-order valence-corrected chi connectivity index (χ3v) is 28.8. The van der Waals surface area contributed by atoms with Crippen molar-refractivity contribution >= 4 is 17.3 Å². The molecule has 0 amide bonds. The molecule has 0 N–H and O–H groups in total. The predicted molar refractivity (Wildman–Crippen MR) is 497 cm³/mol. The number of hydrogen-bond donors (Lipinski definition) is 0. The smallest absolute Gasteiger partial charge is 0.302 e. The summed E-state index contributed by atoms with van der Waals surface area (Å²) in [5.74, 6) is 14.1. The molecule has 9 aliphatic rings. The summed E-state index contributed by atoms with van der Waals surface area (Å²) in [6.45, 7) is 31.7. The minimum Gasteiger partial charge on any atom is -0.497 e. The second-order valence-corrected chi connectivity index (χ2v) is 37.4. The molecule has 0 saturated heterocycles.